The van der Waals surface area contributed by atoms with Crippen molar-refractivity contribution in [3.05, 3.63) is 35.4 Å². The predicted molar refractivity (Wildman–Crippen MR) is 81.8 cm³/mol. The Bertz CT molecular complexity index is 364. The molecule has 114 valence electrons. The summed E-state index contributed by atoms with van der Waals surface area (Å²) in [6.45, 7) is 4.42. The van der Waals surface area contributed by atoms with Gasteiger partial charge in [-0.1, -0.05) is 71.3 Å². The summed E-state index contributed by atoms with van der Waals surface area (Å²) in [5, 5.41) is 0. The molecule has 0 unspecified atom stereocenters. The van der Waals surface area contributed by atoms with Crippen molar-refractivity contribution in [2.45, 2.75) is 71.6 Å². The number of unbranched alkanes of at least 4 members (excludes halogenated alkanes) is 4. The molecule has 0 heterocycles. The van der Waals surface area contributed by atoms with Crippen molar-refractivity contribution in [3.8, 4) is 0 Å². The maximum absolute atomic E-state index is 13.3. The third-order valence-electron chi connectivity index (χ3n) is 3.94. The lowest BCUT2D eigenvalue weighted by Crippen LogP contribution is -2.06. The fourth-order valence-electron chi connectivity index (χ4n) is 2.71. The van der Waals surface area contributed by atoms with E-state index in [4.69, 9.17) is 0 Å². The van der Waals surface area contributed by atoms with Crippen LogP contribution in [0.15, 0.2) is 18.2 Å². The van der Waals surface area contributed by atoms with E-state index in [0.29, 0.717) is 5.92 Å². The molecular weight excluding hydrogens is 254 g/mol. The van der Waals surface area contributed by atoms with Crippen molar-refractivity contribution in [3.63, 3.8) is 0 Å². The van der Waals surface area contributed by atoms with Gasteiger partial charge in [-0.05, 0) is 30.0 Å². The smallest absolute Gasteiger partial charge is 0.159 e. The minimum atomic E-state index is -0.748. The molecule has 0 saturated heterocycles. The maximum Gasteiger partial charge on any atom is 0.159 e. The van der Waals surface area contributed by atoms with Crippen LogP contribution in [0.4, 0.5) is 8.78 Å². The van der Waals surface area contributed by atoms with Gasteiger partial charge in [-0.2, -0.15) is 0 Å². The Labute approximate surface area is 122 Å². The Kier molecular flexibility index (Phi) is 8.48. The van der Waals surface area contributed by atoms with Gasteiger partial charge in [0.05, 0.1) is 0 Å². The zero-order valence-electron chi connectivity index (χ0n) is 12.9. The minimum absolute atomic E-state index is 0.609. The Morgan fingerprint density at radius 2 is 1.45 bits per heavy atom. The SMILES string of the molecule is CCCCCC(CCCCC)Cc1ccc(F)c(F)c1. The van der Waals surface area contributed by atoms with E-state index < -0.39 is 11.6 Å². The zero-order valence-corrected chi connectivity index (χ0v) is 12.9. The predicted octanol–water partition coefficient (Wildman–Crippen LogP) is 6.28. The minimum Gasteiger partial charge on any atom is -0.204 e. The first kappa shape index (κ1) is 17.1. The van der Waals surface area contributed by atoms with Crippen molar-refractivity contribution in [2.24, 2.45) is 5.92 Å². The molecule has 0 fully saturated rings. The maximum atomic E-state index is 13.3. The molecular formula is C18H28F2. The first-order valence-electron chi connectivity index (χ1n) is 8.11. The molecule has 0 radical (unpaired) electrons. The highest BCUT2D eigenvalue weighted by molar-refractivity contribution is 5.18. The lowest BCUT2D eigenvalue weighted by atomic mass is 9.89. The standard InChI is InChI=1S/C18H28F2/c1-3-5-7-9-15(10-8-6-4-2)13-16-11-12-17(19)18(20)14-16/h11-12,14-15H,3-10,13H2,1-2H3. The lowest BCUT2D eigenvalue weighted by molar-refractivity contribution is 0.406. The molecule has 0 amide bonds. The normalized spacial score (nSPS) is 11.2. The summed E-state index contributed by atoms with van der Waals surface area (Å²) in [5.41, 5.74) is 0.932. The van der Waals surface area contributed by atoms with E-state index in [2.05, 4.69) is 13.8 Å². The van der Waals surface area contributed by atoms with Crippen LogP contribution in [0.5, 0.6) is 0 Å². The average Bonchev–Trinajstić information content (AvgIpc) is 2.43. The van der Waals surface area contributed by atoms with Gasteiger partial charge in [0.25, 0.3) is 0 Å². The molecule has 1 rings (SSSR count). The molecule has 20 heavy (non-hydrogen) atoms. The van der Waals surface area contributed by atoms with Crippen LogP contribution in [0.3, 0.4) is 0 Å². The van der Waals surface area contributed by atoms with Gasteiger partial charge in [0.1, 0.15) is 0 Å². The van der Waals surface area contributed by atoms with Gasteiger partial charge in [0, 0.05) is 0 Å². The average molecular weight is 282 g/mol. The van der Waals surface area contributed by atoms with Crippen molar-refractivity contribution in [1.82, 2.24) is 0 Å². The van der Waals surface area contributed by atoms with Gasteiger partial charge in [-0.3, -0.25) is 0 Å². The number of hydrogen-bond acceptors (Lipinski definition) is 0. The van der Waals surface area contributed by atoms with Crippen molar-refractivity contribution >= 4 is 0 Å². The highest BCUT2D eigenvalue weighted by atomic mass is 19.2. The molecule has 0 aromatic heterocycles. The van der Waals surface area contributed by atoms with E-state index >= 15 is 0 Å². The Morgan fingerprint density at radius 1 is 0.850 bits per heavy atom. The second-order valence-corrected chi connectivity index (χ2v) is 5.81. The Hall–Kier alpha value is -0.920. The Balaban J connectivity index is 2.54. The van der Waals surface area contributed by atoms with Gasteiger partial charge < -0.3 is 0 Å². The zero-order chi connectivity index (χ0) is 14.8. The largest absolute Gasteiger partial charge is 0.204 e. The van der Waals surface area contributed by atoms with E-state index in [1.54, 1.807) is 6.07 Å². The molecule has 1 aromatic carbocycles. The van der Waals surface area contributed by atoms with Gasteiger partial charge in [0.15, 0.2) is 11.6 Å². The van der Waals surface area contributed by atoms with Crippen LogP contribution in [0.2, 0.25) is 0 Å². The number of hydrogen-bond donors (Lipinski definition) is 0. The molecule has 0 N–H and O–H groups in total. The van der Waals surface area contributed by atoms with Crippen LogP contribution >= 0.6 is 0 Å². The van der Waals surface area contributed by atoms with Crippen molar-refractivity contribution < 1.29 is 8.78 Å². The van der Waals surface area contributed by atoms with Gasteiger partial charge in [-0.15, -0.1) is 0 Å². The summed E-state index contributed by atoms with van der Waals surface area (Å²) < 4.78 is 26.2. The molecule has 0 saturated carbocycles. The quantitative estimate of drug-likeness (QED) is 0.443. The molecule has 0 spiro atoms. The molecule has 1 aromatic rings. The van der Waals surface area contributed by atoms with Crippen LogP contribution in [0, 0.1) is 17.6 Å². The summed E-state index contributed by atoms with van der Waals surface area (Å²) in [6.07, 6.45) is 10.8. The van der Waals surface area contributed by atoms with Gasteiger partial charge >= 0.3 is 0 Å². The lowest BCUT2D eigenvalue weighted by Gasteiger charge is -2.17. The number of benzene rings is 1. The first-order valence-corrected chi connectivity index (χ1v) is 8.11. The van der Waals surface area contributed by atoms with Crippen molar-refractivity contribution in [2.75, 3.05) is 0 Å². The fourth-order valence-corrected chi connectivity index (χ4v) is 2.71. The fraction of sp³-hybridized carbons (Fsp3) is 0.667. The monoisotopic (exact) mass is 282 g/mol. The van der Waals surface area contributed by atoms with Gasteiger partial charge in [-0.25, -0.2) is 8.78 Å². The summed E-state index contributed by atoms with van der Waals surface area (Å²) in [5.74, 6) is -0.858. The van der Waals surface area contributed by atoms with E-state index in [9.17, 15) is 8.78 Å². The third-order valence-corrected chi connectivity index (χ3v) is 3.94. The first-order chi connectivity index (χ1) is 9.67. The van der Waals surface area contributed by atoms with Crippen molar-refractivity contribution in [1.29, 1.82) is 0 Å². The molecule has 2 heteroatoms. The molecule has 0 nitrogen and oxygen atoms in total. The summed E-state index contributed by atoms with van der Waals surface area (Å²) in [4.78, 5) is 0. The third kappa shape index (κ3) is 6.49. The highest BCUT2D eigenvalue weighted by Crippen LogP contribution is 2.23. The van der Waals surface area contributed by atoms with Crippen LogP contribution in [-0.2, 0) is 6.42 Å². The van der Waals surface area contributed by atoms with Crippen LogP contribution in [0.25, 0.3) is 0 Å². The van der Waals surface area contributed by atoms with E-state index in [-0.39, 0.29) is 0 Å². The van der Waals surface area contributed by atoms with E-state index in [0.717, 1.165) is 12.0 Å². The summed E-state index contributed by atoms with van der Waals surface area (Å²) in [6, 6.07) is 4.34. The highest BCUT2D eigenvalue weighted by Gasteiger charge is 2.11. The van der Waals surface area contributed by atoms with Crippen LogP contribution < -0.4 is 0 Å². The number of rotatable bonds is 10. The molecule has 0 aliphatic heterocycles. The summed E-state index contributed by atoms with van der Waals surface area (Å²) in [7, 11) is 0. The molecule has 0 aliphatic rings. The molecule has 0 atom stereocenters. The second-order valence-electron chi connectivity index (χ2n) is 5.81. The van der Waals surface area contributed by atoms with E-state index in [1.807, 2.05) is 0 Å². The second kappa shape index (κ2) is 9.90. The summed E-state index contributed by atoms with van der Waals surface area (Å²) >= 11 is 0. The number of halogens is 2. The topological polar surface area (TPSA) is 0 Å². The Morgan fingerprint density at radius 3 is 1.95 bits per heavy atom. The van der Waals surface area contributed by atoms with Gasteiger partial charge in [0.2, 0.25) is 0 Å². The molecule has 0 aliphatic carbocycles. The van der Waals surface area contributed by atoms with Crippen LogP contribution in [-0.4, -0.2) is 0 Å². The van der Waals surface area contributed by atoms with Crippen LogP contribution in [0.1, 0.15) is 70.8 Å². The van der Waals surface area contributed by atoms with E-state index in [1.165, 1.54) is 63.5 Å². The molecule has 0 bridgehead atoms.